The van der Waals surface area contributed by atoms with E-state index in [4.69, 9.17) is 8.23 Å². The van der Waals surface area contributed by atoms with Crippen molar-refractivity contribution >= 4 is 25.2 Å². The first-order chi connectivity index (χ1) is 11.0. The van der Waals surface area contributed by atoms with Crippen LogP contribution in [0.1, 0.15) is 71.1 Å². The fourth-order valence-corrected chi connectivity index (χ4v) is 16.8. The molecular formula is C19H46O2Si3. The fraction of sp³-hybridized carbons (Fsp3) is 1.00. The Labute approximate surface area is 156 Å². The van der Waals surface area contributed by atoms with Crippen molar-refractivity contribution in [2.45, 2.75) is 123 Å². The van der Waals surface area contributed by atoms with Gasteiger partial charge in [-0.15, -0.1) is 0 Å². The van der Waals surface area contributed by atoms with Gasteiger partial charge >= 0.3 is 8.56 Å². The van der Waals surface area contributed by atoms with Gasteiger partial charge in [0, 0.05) is 0 Å². The molecule has 0 rings (SSSR count). The van der Waals surface area contributed by atoms with Crippen LogP contribution in [0.3, 0.4) is 0 Å². The SMILES string of the molecule is CCCCCCCCCCCC[Si](C)(C)O[Si](C)(C)O[Si](C)(C)C. The topological polar surface area (TPSA) is 18.5 Å². The first-order valence-electron chi connectivity index (χ1n) is 10.4. The first-order valence-corrected chi connectivity index (χ1v) is 19.7. The maximum absolute atomic E-state index is 6.57. The molecule has 0 unspecified atom stereocenters. The summed E-state index contributed by atoms with van der Waals surface area (Å²) in [5.74, 6) is 0. The summed E-state index contributed by atoms with van der Waals surface area (Å²) in [5, 5.41) is 0. The largest absolute Gasteiger partial charge is 0.437 e. The average Bonchev–Trinajstić information content (AvgIpc) is 2.36. The quantitative estimate of drug-likeness (QED) is 0.211. The smallest absolute Gasteiger partial charge is 0.311 e. The third-order valence-electron chi connectivity index (χ3n) is 4.21. The molecule has 0 saturated carbocycles. The lowest BCUT2D eigenvalue weighted by Gasteiger charge is -2.37. The Balaban J connectivity index is 3.77. The third kappa shape index (κ3) is 16.1. The molecule has 24 heavy (non-hydrogen) atoms. The molecule has 0 fully saturated rings. The van der Waals surface area contributed by atoms with E-state index < -0.39 is 25.2 Å². The zero-order valence-electron chi connectivity index (χ0n) is 18.1. The van der Waals surface area contributed by atoms with Crippen molar-refractivity contribution in [3.05, 3.63) is 0 Å². The molecule has 2 nitrogen and oxygen atoms in total. The minimum absolute atomic E-state index is 1.29. The Hall–Kier alpha value is 0.571. The average molecular weight is 391 g/mol. The monoisotopic (exact) mass is 390 g/mol. The van der Waals surface area contributed by atoms with Crippen LogP contribution in [0.2, 0.25) is 51.9 Å². The number of rotatable bonds is 15. The Morgan fingerprint density at radius 2 is 0.958 bits per heavy atom. The molecule has 0 aliphatic heterocycles. The molecule has 0 aliphatic carbocycles. The van der Waals surface area contributed by atoms with Crippen LogP contribution >= 0.6 is 0 Å². The van der Waals surface area contributed by atoms with Gasteiger partial charge < -0.3 is 8.23 Å². The normalized spacial score (nSPS) is 13.5. The summed E-state index contributed by atoms with van der Waals surface area (Å²) in [6.07, 6.45) is 14.1. The summed E-state index contributed by atoms with van der Waals surface area (Å²) in [4.78, 5) is 0. The lowest BCUT2D eigenvalue weighted by molar-refractivity contribution is 0.390. The molecule has 0 amide bonds. The lowest BCUT2D eigenvalue weighted by Crippen LogP contribution is -2.51. The van der Waals surface area contributed by atoms with Gasteiger partial charge in [0.15, 0.2) is 16.6 Å². The first kappa shape index (κ1) is 24.6. The van der Waals surface area contributed by atoms with Gasteiger partial charge in [-0.3, -0.25) is 0 Å². The van der Waals surface area contributed by atoms with Gasteiger partial charge in [0.1, 0.15) is 0 Å². The highest BCUT2D eigenvalue weighted by atomic mass is 28.5. The van der Waals surface area contributed by atoms with Crippen LogP contribution in [0.15, 0.2) is 0 Å². The van der Waals surface area contributed by atoms with E-state index in [1.807, 2.05) is 0 Å². The summed E-state index contributed by atoms with van der Waals surface area (Å²) >= 11 is 0. The van der Waals surface area contributed by atoms with Crippen molar-refractivity contribution in [1.29, 1.82) is 0 Å². The molecule has 146 valence electrons. The van der Waals surface area contributed by atoms with Crippen LogP contribution in [0.5, 0.6) is 0 Å². The highest BCUT2D eigenvalue weighted by Gasteiger charge is 2.37. The van der Waals surface area contributed by atoms with Gasteiger partial charge in [-0.05, 0) is 51.9 Å². The van der Waals surface area contributed by atoms with Crippen molar-refractivity contribution in [2.75, 3.05) is 0 Å². The molecule has 0 radical (unpaired) electrons. The zero-order chi connectivity index (χ0) is 18.7. The second-order valence-corrected chi connectivity index (χ2v) is 22.1. The summed E-state index contributed by atoms with van der Waals surface area (Å²) in [6, 6.07) is 1.29. The van der Waals surface area contributed by atoms with Crippen LogP contribution in [0.25, 0.3) is 0 Å². The maximum atomic E-state index is 6.57. The lowest BCUT2D eigenvalue weighted by atomic mass is 10.1. The van der Waals surface area contributed by atoms with Crippen molar-refractivity contribution in [1.82, 2.24) is 0 Å². The van der Waals surface area contributed by atoms with Crippen molar-refractivity contribution in [2.24, 2.45) is 0 Å². The van der Waals surface area contributed by atoms with Gasteiger partial charge in [-0.2, -0.15) is 0 Å². The van der Waals surface area contributed by atoms with E-state index in [0.29, 0.717) is 0 Å². The van der Waals surface area contributed by atoms with E-state index in [1.54, 1.807) is 0 Å². The van der Waals surface area contributed by atoms with Gasteiger partial charge in [0.05, 0.1) is 0 Å². The standard InChI is InChI=1S/C19H46O2Si3/c1-9-10-11-12-13-14-15-16-17-18-19-23(5,6)21-24(7,8)20-22(2,3)4/h9-19H2,1-8H3. The van der Waals surface area contributed by atoms with Gasteiger partial charge in [-0.1, -0.05) is 71.1 Å². The Bertz CT molecular complexity index is 312. The Kier molecular flexibility index (Phi) is 12.3. The molecule has 0 saturated heterocycles. The van der Waals surface area contributed by atoms with Gasteiger partial charge in [0.25, 0.3) is 0 Å². The van der Waals surface area contributed by atoms with Crippen molar-refractivity contribution < 1.29 is 8.23 Å². The van der Waals surface area contributed by atoms with Crippen LogP contribution in [-0.4, -0.2) is 25.2 Å². The summed E-state index contributed by atoms with van der Waals surface area (Å²) in [7, 11) is -5.02. The molecule has 0 aromatic rings. The number of unbranched alkanes of at least 4 members (excludes halogenated alkanes) is 9. The highest BCUT2D eigenvalue weighted by molar-refractivity contribution is 6.87. The van der Waals surface area contributed by atoms with E-state index in [0.717, 1.165) is 0 Å². The number of hydrogen-bond donors (Lipinski definition) is 0. The van der Waals surface area contributed by atoms with Crippen molar-refractivity contribution in [3.8, 4) is 0 Å². The predicted octanol–water partition coefficient (Wildman–Crippen LogP) is 7.68. The van der Waals surface area contributed by atoms with Gasteiger partial charge in [-0.25, -0.2) is 0 Å². The highest BCUT2D eigenvalue weighted by Crippen LogP contribution is 2.24. The molecular weight excluding hydrogens is 344 g/mol. The molecule has 0 spiro atoms. The van der Waals surface area contributed by atoms with Crippen LogP contribution in [0, 0.1) is 0 Å². The Morgan fingerprint density at radius 3 is 1.38 bits per heavy atom. The van der Waals surface area contributed by atoms with Gasteiger partial charge in [0.2, 0.25) is 0 Å². The molecule has 0 N–H and O–H groups in total. The summed E-state index contributed by atoms with van der Waals surface area (Å²) in [6.45, 7) is 18.3. The summed E-state index contributed by atoms with van der Waals surface area (Å²) < 4.78 is 12.9. The van der Waals surface area contributed by atoms with E-state index in [-0.39, 0.29) is 0 Å². The molecule has 0 aliphatic rings. The molecule has 5 heteroatoms. The number of hydrogen-bond acceptors (Lipinski definition) is 2. The second kappa shape index (κ2) is 12.0. The fourth-order valence-electron chi connectivity index (χ4n) is 3.51. The molecule has 0 aromatic carbocycles. The van der Waals surface area contributed by atoms with E-state index in [9.17, 15) is 0 Å². The van der Waals surface area contributed by atoms with Crippen LogP contribution in [0.4, 0.5) is 0 Å². The summed E-state index contributed by atoms with van der Waals surface area (Å²) in [5.41, 5.74) is 0. The van der Waals surface area contributed by atoms with Crippen LogP contribution in [-0.2, 0) is 8.23 Å². The maximum Gasteiger partial charge on any atom is 0.311 e. The van der Waals surface area contributed by atoms with Crippen molar-refractivity contribution in [3.63, 3.8) is 0 Å². The molecule has 0 aromatic heterocycles. The zero-order valence-corrected chi connectivity index (χ0v) is 21.1. The van der Waals surface area contributed by atoms with E-state index in [2.05, 4.69) is 52.8 Å². The molecule has 0 heterocycles. The predicted molar refractivity (Wildman–Crippen MR) is 117 cm³/mol. The Morgan fingerprint density at radius 1 is 0.542 bits per heavy atom. The molecule has 0 atom stereocenters. The molecule has 0 bridgehead atoms. The minimum atomic E-state index is -1.95. The second-order valence-electron chi connectivity index (χ2n) is 9.41. The minimum Gasteiger partial charge on any atom is -0.437 e. The third-order valence-corrected chi connectivity index (χ3v) is 14.4. The van der Waals surface area contributed by atoms with E-state index >= 15 is 0 Å². The van der Waals surface area contributed by atoms with E-state index in [1.165, 1.54) is 70.3 Å². The van der Waals surface area contributed by atoms with Crippen LogP contribution < -0.4 is 0 Å².